The van der Waals surface area contributed by atoms with Crippen LogP contribution in [0.15, 0.2) is 52.2 Å². The van der Waals surface area contributed by atoms with Crippen LogP contribution < -0.4 is 5.43 Å². The van der Waals surface area contributed by atoms with Crippen LogP contribution in [0.3, 0.4) is 0 Å². The maximum absolute atomic E-state index is 11.7. The van der Waals surface area contributed by atoms with Crippen molar-refractivity contribution in [1.29, 1.82) is 0 Å². The van der Waals surface area contributed by atoms with Gasteiger partial charge < -0.3 is 9.52 Å². The second kappa shape index (κ2) is 5.18. The van der Waals surface area contributed by atoms with Crippen LogP contribution in [0.1, 0.15) is 23.0 Å². The highest BCUT2D eigenvalue weighted by molar-refractivity contribution is 5.99. The van der Waals surface area contributed by atoms with E-state index in [0.29, 0.717) is 17.0 Å². The Balaban J connectivity index is 2.04. The molecule has 0 bridgehead atoms. The molecule has 0 radical (unpaired) electrons. The maximum atomic E-state index is 11.7. The van der Waals surface area contributed by atoms with Crippen LogP contribution in [0.2, 0.25) is 0 Å². The first-order valence-electron chi connectivity index (χ1n) is 5.34. The number of phenols is 1. The van der Waals surface area contributed by atoms with Crippen LogP contribution >= 0.6 is 0 Å². The van der Waals surface area contributed by atoms with Gasteiger partial charge in [-0.05, 0) is 43.3 Å². The van der Waals surface area contributed by atoms with Crippen molar-refractivity contribution in [1.82, 2.24) is 5.43 Å². The summed E-state index contributed by atoms with van der Waals surface area (Å²) < 4.78 is 5.13. The molecule has 5 heteroatoms. The number of benzene rings is 1. The van der Waals surface area contributed by atoms with Crippen molar-refractivity contribution in [2.75, 3.05) is 0 Å². The largest absolute Gasteiger partial charge is 0.508 e. The molecule has 2 N–H and O–H groups in total. The van der Waals surface area contributed by atoms with Crippen LogP contribution in [0, 0.1) is 0 Å². The first-order chi connectivity index (χ1) is 8.66. The molecule has 0 aliphatic heterocycles. The van der Waals surface area contributed by atoms with Crippen molar-refractivity contribution in [3.05, 3.63) is 54.0 Å². The van der Waals surface area contributed by atoms with Gasteiger partial charge in [-0.2, -0.15) is 5.10 Å². The minimum absolute atomic E-state index is 0.113. The lowest BCUT2D eigenvalue weighted by molar-refractivity contribution is 0.0955. The Labute approximate surface area is 104 Å². The molecule has 1 aromatic carbocycles. The summed E-state index contributed by atoms with van der Waals surface area (Å²) in [6, 6.07) is 9.42. The van der Waals surface area contributed by atoms with Gasteiger partial charge in [0, 0.05) is 5.56 Å². The predicted molar refractivity (Wildman–Crippen MR) is 66.5 cm³/mol. The highest BCUT2D eigenvalue weighted by atomic mass is 16.3. The van der Waals surface area contributed by atoms with Gasteiger partial charge in [-0.1, -0.05) is 0 Å². The van der Waals surface area contributed by atoms with E-state index in [1.807, 2.05) is 0 Å². The van der Waals surface area contributed by atoms with Crippen LogP contribution in [0.4, 0.5) is 0 Å². The summed E-state index contributed by atoms with van der Waals surface area (Å²) >= 11 is 0. The summed E-state index contributed by atoms with van der Waals surface area (Å²) in [6.45, 7) is 1.73. The van der Waals surface area contributed by atoms with Gasteiger partial charge in [0.2, 0.25) is 0 Å². The molecule has 0 aliphatic carbocycles. The van der Waals surface area contributed by atoms with Gasteiger partial charge in [0.15, 0.2) is 0 Å². The second-order valence-corrected chi connectivity index (χ2v) is 3.66. The molecule has 0 spiro atoms. The molecule has 0 aliphatic rings. The van der Waals surface area contributed by atoms with Crippen molar-refractivity contribution in [3.8, 4) is 5.75 Å². The number of nitrogens with zero attached hydrogens (tertiary/aromatic N) is 1. The van der Waals surface area contributed by atoms with E-state index in [9.17, 15) is 4.79 Å². The molecule has 0 fully saturated rings. The Kier molecular flexibility index (Phi) is 3.43. The maximum Gasteiger partial charge on any atom is 0.271 e. The Morgan fingerprint density at radius 3 is 2.61 bits per heavy atom. The van der Waals surface area contributed by atoms with E-state index in [2.05, 4.69) is 10.5 Å². The zero-order chi connectivity index (χ0) is 13.0. The van der Waals surface area contributed by atoms with E-state index in [-0.39, 0.29) is 11.7 Å². The lowest BCUT2D eigenvalue weighted by atomic mass is 10.2. The molecular weight excluding hydrogens is 232 g/mol. The number of furan rings is 1. The standard InChI is InChI=1S/C13H12N2O3/c1-9(12-3-2-8-18-12)14-15-13(17)10-4-6-11(16)7-5-10/h2-8,16H,1H3,(H,15,17)/b14-9+. The van der Waals surface area contributed by atoms with Crippen molar-refractivity contribution in [3.63, 3.8) is 0 Å². The summed E-state index contributed by atoms with van der Waals surface area (Å²) in [7, 11) is 0. The predicted octanol–water partition coefficient (Wildman–Crippen LogP) is 2.14. The Morgan fingerprint density at radius 1 is 1.28 bits per heavy atom. The third kappa shape index (κ3) is 2.76. The van der Waals surface area contributed by atoms with E-state index in [4.69, 9.17) is 9.52 Å². The average molecular weight is 244 g/mol. The van der Waals surface area contributed by atoms with E-state index in [1.54, 1.807) is 19.1 Å². The third-order valence-corrected chi connectivity index (χ3v) is 2.33. The van der Waals surface area contributed by atoms with E-state index in [1.165, 1.54) is 30.5 Å². The Bertz CT molecular complexity index is 556. The Hall–Kier alpha value is -2.56. The number of aromatic hydroxyl groups is 1. The SMILES string of the molecule is C/C(=N\NC(=O)c1ccc(O)cc1)c1ccco1. The molecular formula is C13H12N2O3. The lowest BCUT2D eigenvalue weighted by Crippen LogP contribution is -2.19. The summed E-state index contributed by atoms with van der Waals surface area (Å²) in [5.74, 6) is 0.365. The second-order valence-electron chi connectivity index (χ2n) is 3.66. The number of nitrogens with one attached hydrogen (secondary N) is 1. The summed E-state index contributed by atoms with van der Waals surface area (Å²) in [5.41, 5.74) is 3.41. The van der Waals surface area contributed by atoms with Crippen molar-refractivity contribution >= 4 is 11.6 Å². The molecule has 0 saturated carbocycles. The van der Waals surface area contributed by atoms with Gasteiger partial charge in [-0.15, -0.1) is 0 Å². The number of carbonyl (C=O) groups excluding carboxylic acids is 1. The number of hydrazone groups is 1. The fourth-order valence-corrected chi connectivity index (χ4v) is 1.35. The zero-order valence-electron chi connectivity index (χ0n) is 9.75. The average Bonchev–Trinajstić information content (AvgIpc) is 2.90. The van der Waals surface area contributed by atoms with Crippen LogP contribution in [0.25, 0.3) is 0 Å². The van der Waals surface area contributed by atoms with Crippen LogP contribution in [0.5, 0.6) is 5.75 Å². The fourth-order valence-electron chi connectivity index (χ4n) is 1.35. The fraction of sp³-hybridized carbons (Fsp3) is 0.0769. The minimum atomic E-state index is -0.346. The molecule has 1 aromatic heterocycles. The van der Waals surface area contributed by atoms with Gasteiger partial charge in [0.1, 0.15) is 17.2 Å². The smallest absolute Gasteiger partial charge is 0.271 e. The van der Waals surface area contributed by atoms with Gasteiger partial charge >= 0.3 is 0 Å². The first-order valence-corrected chi connectivity index (χ1v) is 5.34. The summed E-state index contributed by atoms with van der Waals surface area (Å²) in [5, 5.41) is 13.0. The molecule has 0 unspecified atom stereocenters. The quantitative estimate of drug-likeness (QED) is 0.641. The molecule has 0 saturated heterocycles. The molecule has 18 heavy (non-hydrogen) atoms. The molecule has 2 rings (SSSR count). The van der Waals surface area contributed by atoms with Gasteiger partial charge in [-0.25, -0.2) is 5.43 Å². The van der Waals surface area contributed by atoms with Gasteiger partial charge in [0.05, 0.1) is 6.26 Å². The van der Waals surface area contributed by atoms with Gasteiger partial charge in [0.25, 0.3) is 5.91 Å². The summed E-state index contributed by atoms with van der Waals surface area (Å²) in [6.07, 6.45) is 1.54. The number of hydrogen-bond donors (Lipinski definition) is 2. The molecule has 92 valence electrons. The van der Waals surface area contributed by atoms with Crippen molar-refractivity contribution < 1.29 is 14.3 Å². The topological polar surface area (TPSA) is 74.8 Å². The molecule has 2 aromatic rings. The monoisotopic (exact) mass is 244 g/mol. The van der Waals surface area contributed by atoms with Crippen LogP contribution in [-0.4, -0.2) is 16.7 Å². The highest BCUT2D eigenvalue weighted by Crippen LogP contribution is 2.09. The number of amides is 1. The van der Waals surface area contributed by atoms with E-state index in [0.717, 1.165) is 0 Å². The van der Waals surface area contributed by atoms with Crippen LogP contribution in [-0.2, 0) is 0 Å². The highest BCUT2D eigenvalue weighted by Gasteiger charge is 2.05. The number of carbonyl (C=O) groups is 1. The normalized spacial score (nSPS) is 11.3. The molecule has 1 heterocycles. The first kappa shape index (κ1) is 11.9. The molecule has 0 atom stereocenters. The molecule has 1 amide bonds. The number of phenolic OH excluding ortho intramolecular Hbond substituents is 1. The molecule has 5 nitrogen and oxygen atoms in total. The van der Waals surface area contributed by atoms with Gasteiger partial charge in [-0.3, -0.25) is 4.79 Å². The van der Waals surface area contributed by atoms with Crippen molar-refractivity contribution in [2.45, 2.75) is 6.92 Å². The van der Waals surface area contributed by atoms with E-state index < -0.39 is 0 Å². The summed E-state index contributed by atoms with van der Waals surface area (Å²) in [4.78, 5) is 11.7. The van der Waals surface area contributed by atoms with E-state index >= 15 is 0 Å². The third-order valence-electron chi connectivity index (χ3n) is 2.33. The Morgan fingerprint density at radius 2 is 2.00 bits per heavy atom. The lowest BCUT2D eigenvalue weighted by Gasteiger charge is -2.01. The number of rotatable bonds is 3. The van der Waals surface area contributed by atoms with Crippen molar-refractivity contribution in [2.24, 2.45) is 5.10 Å². The number of hydrogen-bond acceptors (Lipinski definition) is 4. The zero-order valence-corrected chi connectivity index (χ0v) is 9.75. The minimum Gasteiger partial charge on any atom is -0.508 e.